The summed E-state index contributed by atoms with van der Waals surface area (Å²) < 4.78 is 17.4. The van der Waals surface area contributed by atoms with E-state index in [-0.39, 0.29) is 41.1 Å². The van der Waals surface area contributed by atoms with Crippen LogP contribution in [0.15, 0.2) is 51.2 Å². The van der Waals surface area contributed by atoms with Crippen LogP contribution >= 0.6 is 0 Å². The number of ether oxygens (including phenoxy) is 2. The Morgan fingerprint density at radius 1 is 1.05 bits per heavy atom. The van der Waals surface area contributed by atoms with Crippen molar-refractivity contribution in [2.24, 2.45) is 5.92 Å². The minimum atomic E-state index is -1.47. The zero-order chi connectivity index (χ0) is 27.0. The molecule has 9 nitrogen and oxygen atoms in total. The Labute approximate surface area is 213 Å². The van der Waals surface area contributed by atoms with Gasteiger partial charge >= 0.3 is 0 Å². The van der Waals surface area contributed by atoms with Gasteiger partial charge in [-0.25, -0.2) is 0 Å². The number of hydrogen-bond acceptors (Lipinski definition) is 9. The highest BCUT2D eigenvalue weighted by molar-refractivity contribution is 5.91. The van der Waals surface area contributed by atoms with Crippen molar-refractivity contribution in [1.29, 1.82) is 0 Å². The summed E-state index contributed by atoms with van der Waals surface area (Å²) >= 11 is 0. The average Bonchev–Trinajstić information content (AvgIpc) is 2.86. The normalized spacial score (nSPS) is 23.6. The SMILES string of the molecule is COc1ccc(-c2oc3c(CC=C(C)C)c(O)cc(O)c3c(=O)c2O[C@@H]2C[C@@H](C)[C@H](O)[C@@H](O)[C@H]2O)cc1. The Morgan fingerprint density at radius 3 is 2.35 bits per heavy atom. The monoisotopic (exact) mass is 512 g/mol. The Morgan fingerprint density at radius 2 is 1.73 bits per heavy atom. The fourth-order valence-electron chi connectivity index (χ4n) is 4.59. The van der Waals surface area contributed by atoms with Gasteiger partial charge in [-0.2, -0.15) is 0 Å². The number of aliphatic hydroxyl groups excluding tert-OH is 3. The van der Waals surface area contributed by atoms with E-state index in [0.29, 0.717) is 16.9 Å². The molecule has 198 valence electrons. The standard InChI is InChI=1S/C28H32O9/c1-13(2)5-10-17-18(29)12-19(30)21-24(33)28(36-20-11-14(3)22(31)25(34)23(20)32)26(37-27(17)21)15-6-8-16(35-4)9-7-15/h5-9,12,14,20,22-23,25,29-32,34H,10-11H2,1-4H3/t14-,20-,22+,23+,25-/m1/s1. The van der Waals surface area contributed by atoms with Gasteiger partial charge in [0.05, 0.1) is 13.2 Å². The predicted octanol–water partition coefficient (Wildman–Crippen LogP) is 3.26. The van der Waals surface area contributed by atoms with Gasteiger partial charge in [0, 0.05) is 17.2 Å². The first-order chi connectivity index (χ1) is 17.5. The molecule has 1 aliphatic carbocycles. The summed E-state index contributed by atoms with van der Waals surface area (Å²) in [7, 11) is 1.52. The third kappa shape index (κ3) is 5.02. The molecule has 0 spiro atoms. The first kappa shape index (κ1) is 26.5. The maximum atomic E-state index is 13.8. The highest BCUT2D eigenvalue weighted by Gasteiger charge is 2.43. The molecule has 0 bridgehead atoms. The fraction of sp³-hybridized carbons (Fsp3) is 0.393. The number of benzene rings is 2. The number of phenols is 2. The second kappa shape index (κ2) is 10.5. The third-order valence-corrected chi connectivity index (χ3v) is 6.79. The summed E-state index contributed by atoms with van der Waals surface area (Å²) in [6.45, 7) is 5.49. The summed E-state index contributed by atoms with van der Waals surface area (Å²) in [6, 6.07) is 7.75. The number of methoxy groups -OCH3 is 1. The van der Waals surface area contributed by atoms with Crippen LogP contribution < -0.4 is 14.9 Å². The number of fused-ring (bicyclic) bond motifs is 1. The van der Waals surface area contributed by atoms with Crippen LogP contribution in [0.25, 0.3) is 22.3 Å². The summed E-state index contributed by atoms with van der Waals surface area (Å²) in [5.41, 5.74) is 1.05. The van der Waals surface area contributed by atoms with Gasteiger partial charge in [0.2, 0.25) is 11.2 Å². The molecule has 1 heterocycles. The van der Waals surface area contributed by atoms with Crippen molar-refractivity contribution < 1.29 is 39.4 Å². The summed E-state index contributed by atoms with van der Waals surface area (Å²) in [5.74, 6) is -0.811. The van der Waals surface area contributed by atoms with Crippen molar-refractivity contribution >= 4 is 11.0 Å². The first-order valence-electron chi connectivity index (χ1n) is 12.1. The molecule has 1 fully saturated rings. The molecule has 9 heteroatoms. The zero-order valence-corrected chi connectivity index (χ0v) is 21.1. The Balaban J connectivity index is 1.96. The predicted molar refractivity (Wildman–Crippen MR) is 137 cm³/mol. The van der Waals surface area contributed by atoms with Crippen LogP contribution in [-0.2, 0) is 6.42 Å². The number of phenolic OH excluding ortho intramolecular Hbond substituents is 2. The quantitative estimate of drug-likeness (QED) is 0.314. The average molecular weight is 513 g/mol. The number of aliphatic hydroxyl groups is 3. The molecule has 1 aromatic heterocycles. The van der Waals surface area contributed by atoms with Crippen LogP contribution in [0.5, 0.6) is 23.0 Å². The smallest absolute Gasteiger partial charge is 0.239 e. The van der Waals surface area contributed by atoms with E-state index in [1.165, 1.54) is 7.11 Å². The maximum absolute atomic E-state index is 13.8. The molecule has 5 atom stereocenters. The molecule has 3 aromatic rings. The molecule has 5 N–H and O–H groups in total. The fourth-order valence-corrected chi connectivity index (χ4v) is 4.59. The van der Waals surface area contributed by atoms with E-state index in [9.17, 15) is 30.3 Å². The minimum absolute atomic E-state index is 0.00573. The van der Waals surface area contributed by atoms with Crippen LogP contribution in [0.3, 0.4) is 0 Å². The van der Waals surface area contributed by atoms with Gasteiger partial charge in [-0.05, 0) is 56.9 Å². The molecule has 0 aliphatic heterocycles. The van der Waals surface area contributed by atoms with Gasteiger partial charge in [0.15, 0.2) is 5.76 Å². The zero-order valence-electron chi connectivity index (χ0n) is 21.1. The van der Waals surface area contributed by atoms with Crippen molar-refractivity contribution in [3.63, 3.8) is 0 Å². The molecule has 0 amide bonds. The topological polar surface area (TPSA) is 150 Å². The van der Waals surface area contributed by atoms with Gasteiger partial charge in [-0.1, -0.05) is 18.6 Å². The molecule has 1 saturated carbocycles. The Kier molecular flexibility index (Phi) is 7.49. The minimum Gasteiger partial charge on any atom is -0.507 e. The highest BCUT2D eigenvalue weighted by Crippen LogP contribution is 2.40. The maximum Gasteiger partial charge on any atom is 0.239 e. The lowest BCUT2D eigenvalue weighted by molar-refractivity contribution is -0.147. The van der Waals surface area contributed by atoms with Crippen LogP contribution in [0.4, 0.5) is 0 Å². The molecule has 0 saturated heterocycles. The van der Waals surface area contributed by atoms with Crippen LogP contribution in [0.1, 0.15) is 32.8 Å². The molecule has 2 aromatic carbocycles. The summed E-state index contributed by atoms with van der Waals surface area (Å²) in [4.78, 5) is 13.8. The van der Waals surface area contributed by atoms with E-state index in [4.69, 9.17) is 13.9 Å². The van der Waals surface area contributed by atoms with E-state index >= 15 is 0 Å². The van der Waals surface area contributed by atoms with E-state index in [0.717, 1.165) is 11.6 Å². The molecular formula is C28H32O9. The lowest BCUT2D eigenvalue weighted by Gasteiger charge is -2.39. The summed E-state index contributed by atoms with van der Waals surface area (Å²) in [5, 5.41) is 52.1. The molecule has 0 radical (unpaired) electrons. The van der Waals surface area contributed by atoms with Crippen LogP contribution in [0.2, 0.25) is 0 Å². The van der Waals surface area contributed by atoms with Crippen LogP contribution in [-0.4, -0.2) is 57.1 Å². The van der Waals surface area contributed by atoms with Crippen LogP contribution in [0, 0.1) is 5.92 Å². The van der Waals surface area contributed by atoms with Crippen molar-refractivity contribution in [2.45, 2.75) is 58.0 Å². The number of aromatic hydroxyl groups is 2. The van der Waals surface area contributed by atoms with Gasteiger partial charge < -0.3 is 39.4 Å². The largest absolute Gasteiger partial charge is 0.507 e. The number of allylic oxidation sites excluding steroid dienone is 2. The lowest BCUT2D eigenvalue weighted by Crippen LogP contribution is -2.54. The van der Waals surface area contributed by atoms with Gasteiger partial charge in [-0.15, -0.1) is 0 Å². The Bertz CT molecular complexity index is 1370. The number of rotatable bonds is 6. The van der Waals surface area contributed by atoms with E-state index < -0.39 is 41.5 Å². The third-order valence-electron chi connectivity index (χ3n) is 6.79. The van der Waals surface area contributed by atoms with E-state index in [1.54, 1.807) is 31.2 Å². The van der Waals surface area contributed by atoms with Gasteiger partial charge in [0.25, 0.3) is 0 Å². The van der Waals surface area contributed by atoms with Crippen molar-refractivity contribution in [3.8, 4) is 34.3 Å². The van der Waals surface area contributed by atoms with Crippen molar-refractivity contribution in [2.75, 3.05) is 7.11 Å². The van der Waals surface area contributed by atoms with E-state index in [2.05, 4.69) is 0 Å². The van der Waals surface area contributed by atoms with Crippen molar-refractivity contribution in [3.05, 3.63) is 57.8 Å². The summed E-state index contributed by atoms with van der Waals surface area (Å²) in [6.07, 6.45) is -2.84. The second-order valence-electron chi connectivity index (χ2n) is 9.74. The Hall–Kier alpha value is -3.53. The first-order valence-corrected chi connectivity index (χ1v) is 12.1. The molecule has 37 heavy (non-hydrogen) atoms. The van der Waals surface area contributed by atoms with Gasteiger partial charge in [0.1, 0.15) is 46.5 Å². The number of hydrogen-bond donors (Lipinski definition) is 5. The molecule has 4 rings (SSSR count). The lowest BCUT2D eigenvalue weighted by atomic mass is 9.82. The molecule has 1 aliphatic rings. The van der Waals surface area contributed by atoms with Crippen molar-refractivity contribution in [1.82, 2.24) is 0 Å². The van der Waals surface area contributed by atoms with Gasteiger partial charge in [-0.3, -0.25) is 4.79 Å². The highest BCUT2D eigenvalue weighted by atomic mass is 16.5. The molecule has 0 unspecified atom stereocenters. The second-order valence-corrected chi connectivity index (χ2v) is 9.74. The molecular weight excluding hydrogens is 480 g/mol. The van der Waals surface area contributed by atoms with E-state index in [1.807, 2.05) is 19.9 Å².